The van der Waals surface area contributed by atoms with Crippen LogP contribution in [-0.4, -0.2) is 36.5 Å². The van der Waals surface area contributed by atoms with E-state index in [9.17, 15) is 4.79 Å². The van der Waals surface area contributed by atoms with Crippen LogP contribution in [0.4, 0.5) is 0 Å². The number of hydrogen-bond acceptors (Lipinski definition) is 3. The summed E-state index contributed by atoms with van der Waals surface area (Å²) in [5, 5.41) is 6.37. The fourth-order valence-corrected chi connectivity index (χ4v) is 3.09. The Bertz CT molecular complexity index is 482. The molecule has 128 valence electrons. The highest BCUT2D eigenvalue weighted by molar-refractivity contribution is 5.81. The van der Waals surface area contributed by atoms with Crippen molar-refractivity contribution >= 4 is 5.91 Å². The number of carbonyl (C=O) groups excluding carboxylic acids is 1. The van der Waals surface area contributed by atoms with E-state index in [0.717, 1.165) is 44.6 Å². The topological polar surface area (TPSA) is 44.4 Å². The smallest absolute Gasteiger partial charge is 0.237 e. The van der Waals surface area contributed by atoms with Crippen LogP contribution in [0.15, 0.2) is 24.3 Å². The predicted molar refractivity (Wildman–Crippen MR) is 95.1 cm³/mol. The van der Waals surface area contributed by atoms with Crippen molar-refractivity contribution in [3.8, 4) is 0 Å². The molecule has 0 bridgehead atoms. The van der Waals surface area contributed by atoms with Gasteiger partial charge in [-0.05, 0) is 49.5 Å². The molecule has 0 spiro atoms. The molecule has 4 nitrogen and oxygen atoms in total. The van der Waals surface area contributed by atoms with Gasteiger partial charge < -0.3 is 10.6 Å². The molecule has 2 N–H and O–H groups in total. The summed E-state index contributed by atoms with van der Waals surface area (Å²) in [6, 6.07) is 8.55. The summed E-state index contributed by atoms with van der Waals surface area (Å²) >= 11 is 0. The summed E-state index contributed by atoms with van der Waals surface area (Å²) in [6.07, 6.45) is 2.10. The van der Waals surface area contributed by atoms with Gasteiger partial charge in [-0.3, -0.25) is 9.69 Å². The number of hydrogen-bond donors (Lipinski definition) is 2. The Kier molecular flexibility index (Phi) is 7.06. The molecular weight excluding hydrogens is 286 g/mol. The number of piperidine rings is 1. The largest absolute Gasteiger partial charge is 0.351 e. The van der Waals surface area contributed by atoms with E-state index in [4.69, 9.17) is 0 Å². The molecule has 0 aliphatic carbocycles. The first-order valence-electron chi connectivity index (χ1n) is 8.93. The molecule has 2 rings (SSSR count). The first-order chi connectivity index (χ1) is 11.1. The van der Waals surface area contributed by atoms with Crippen LogP contribution >= 0.6 is 0 Å². The minimum Gasteiger partial charge on any atom is -0.351 e. The summed E-state index contributed by atoms with van der Waals surface area (Å²) in [7, 11) is 0. The molecule has 4 heteroatoms. The number of nitrogens with one attached hydrogen (secondary N) is 2. The highest BCUT2D eigenvalue weighted by Crippen LogP contribution is 2.15. The van der Waals surface area contributed by atoms with Crippen molar-refractivity contribution in [2.45, 2.75) is 52.7 Å². The zero-order valence-electron chi connectivity index (χ0n) is 14.8. The van der Waals surface area contributed by atoms with Gasteiger partial charge in [0, 0.05) is 13.1 Å². The molecule has 1 aliphatic rings. The third-order valence-electron chi connectivity index (χ3n) is 4.77. The summed E-state index contributed by atoms with van der Waals surface area (Å²) in [5.74, 6) is 0.759. The summed E-state index contributed by atoms with van der Waals surface area (Å²) < 4.78 is 0. The van der Waals surface area contributed by atoms with E-state index in [0.29, 0.717) is 12.5 Å². The van der Waals surface area contributed by atoms with Crippen LogP contribution in [0.5, 0.6) is 0 Å². The molecule has 0 aromatic heterocycles. The van der Waals surface area contributed by atoms with Crippen molar-refractivity contribution in [3.63, 3.8) is 0 Å². The second-order valence-electron chi connectivity index (χ2n) is 6.63. The minimum absolute atomic E-state index is 0.0271. The van der Waals surface area contributed by atoms with Crippen LogP contribution < -0.4 is 10.6 Å². The first kappa shape index (κ1) is 18.0. The monoisotopic (exact) mass is 317 g/mol. The standard InChI is InChI=1S/C19H31N3O/c1-4-22(5-2)14-17-8-6-16(7-9-17)13-21-19(23)18-12-15(3)10-11-20-18/h6-9,15,18,20H,4-5,10-14H2,1-3H3,(H,21,23). The zero-order chi connectivity index (χ0) is 16.7. The van der Waals surface area contributed by atoms with E-state index < -0.39 is 0 Å². The van der Waals surface area contributed by atoms with Crippen molar-refractivity contribution in [3.05, 3.63) is 35.4 Å². The Labute approximate surface area is 140 Å². The lowest BCUT2D eigenvalue weighted by molar-refractivity contribution is -0.124. The van der Waals surface area contributed by atoms with E-state index in [1.165, 1.54) is 5.56 Å². The number of carbonyl (C=O) groups is 1. The summed E-state index contributed by atoms with van der Waals surface area (Å²) in [4.78, 5) is 14.6. The Morgan fingerprint density at radius 3 is 2.48 bits per heavy atom. The quantitative estimate of drug-likeness (QED) is 0.812. The van der Waals surface area contributed by atoms with Gasteiger partial charge in [-0.1, -0.05) is 45.0 Å². The highest BCUT2D eigenvalue weighted by Gasteiger charge is 2.23. The van der Waals surface area contributed by atoms with Gasteiger partial charge in [0.2, 0.25) is 5.91 Å². The molecule has 1 fully saturated rings. The third kappa shape index (κ3) is 5.63. The average Bonchev–Trinajstić information content (AvgIpc) is 2.58. The maximum Gasteiger partial charge on any atom is 0.237 e. The van der Waals surface area contributed by atoms with E-state index >= 15 is 0 Å². The van der Waals surface area contributed by atoms with Gasteiger partial charge in [0.05, 0.1) is 6.04 Å². The molecule has 2 atom stereocenters. The normalized spacial score (nSPS) is 21.4. The maximum absolute atomic E-state index is 12.2. The number of rotatable bonds is 7. The van der Waals surface area contributed by atoms with Crippen molar-refractivity contribution in [1.29, 1.82) is 0 Å². The molecule has 0 saturated carbocycles. The molecule has 1 aliphatic heterocycles. The molecular formula is C19H31N3O. The van der Waals surface area contributed by atoms with E-state index in [1.54, 1.807) is 0 Å². The van der Waals surface area contributed by atoms with Gasteiger partial charge in [0.15, 0.2) is 0 Å². The fraction of sp³-hybridized carbons (Fsp3) is 0.632. The fourth-order valence-electron chi connectivity index (χ4n) is 3.09. The molecule has 1 aromatic rings. The van der Waals surface area contributed by atoms with Crippen molar-refractivity contribution < 1.29 is 4.79 Å². The van der Waals surface area contributed by atoms with E-state index in [1.807, 2.05) is 0 Å². The number of nitrogens with zero attached hydrogens (tertiary/aromatic N) is 1. The Morgan fingerprint density at radius 1 is 1.22 bits per heavy atom. The lowest BCUT2D eigenvalue weighted by Crippen LogP contribution is -2.48. The lowest BCUT2D eigenvalue weighted by Gasteiger charge is -2.27. The molecule has 2 unspecified atom stereocenters. The molecule has 1 saturated heterocycles. The summed E-state index contributed by atoms with van der Waals surface area (Å²) in [6.45, 7) is 11.3. The van der Waals surface area contributed by atoms with Crippen LogP contribution in [0.1, 0.15) is 44.7 Å². The molecule has 1 heterocycles. The molecule has 23 heavy (non-hydrogen) atoms. The Morgan fingerprint density at radius 2 is 1.87 bits per heavy atom. The highest BCUT2D eigenvalue weighted by atomic mass is 16.2. The van der Waals surface area contributed by atoms with Gasteiger partial charge in [-0.25, -0.2) is 0 Å². The van der Waals surface area contributed by atoms with Gasteiger partial charge in [-0.15, -0.1) is 0 Å². The SMILES string of the molecule is CCN(CC)Cc1ccc(CNC(=O)C2CC(C)CCN2)cc1. The van der Waals surface area contributed by atoms with Crippen molar-refractivity contribution in [2.75, 3.05) is 19.6 Å². The van der Waals surface area contributed by atoms with Crippen LogP contribution in [-0.2, 0) is 17.9 Å². The predicted octanol–water partition coefficient (Wildman–Crippen LogP) is 2.53. The Balaban J connectivity index is 1.80. The van der Waals surface area contributed by atoms with Crippen LogP contribution in [0, 0.1) is 5.92 Å². The van der Waals surface area contributed by atoms with Crippen LogP contribution in [0.3, 0.4) is 0 Å². The zero-order valence-corrected chi connectivity index (χ0v) is 14.8. The van der Waals surface area contributed by atoms with Crippen molar-refractivity contribution in [2.24, 2.45) is 5.92 Å². The van der Waals surface area contributed by atoms with Crippen LogP contribution in [0.25, 0.3) is 0 Å². The van der Waals surface area contributed by atoms with Gasteiger partial charge >= 0.3 is 0 Å². The van der Waals surface area contributed by atoms with Crippen LogP contribution in [0.2, 0.25) is 0 Å². The Hall–Kier alpha value is -1.39. The van der Waals surface area contributed by atoms with Gasteiger partial charge in [-0.2, -0.15) is 0 Å². The second-order valence-corrected chi connectivity index (χ2v) is 6.63. The van der Waals surface area contributed by atoms with Gasteiger partial charge in [0.25, 0.3) is 0 Å². The number of benzene rings is 1. The maximum atomic E-state index is 12.2. The van der Waals surface area contributed by atoms with E-state index in [-0.39, 0.29) is 11.9 Å². The average molecular weight is 317 g/mol. The summed E-state index contributed by atoms with van der Waals surface area (Å²) in [5.41, 5.74) is 2.48. The van der Waals surface area contributed by atoms with Gasteiger partial charge in [0.1, 0.15) is 0 Å². The third-order valence-corrected chi connectivity index (χ3v) is 4.77. The van der Waals surface area contributed by atoms with Crippen molar-refractivity contribution in [1.82, 2.24) is 15.5 Å². The minimum atomic E-state index is -0.0271. The first-order valence-corrected chi connectivity index (χ1v) is 8.93. The number of amides is 1. The second kappa shape index (κ2) is 9.04. The van der Waals surface area contributed by atoms with E-state index in [2.05, 4.69) is 60.6 Å². The lowest BCUT2D eigenvalue weighted by atomic mass is 9.94. The molecule has 1 amide bonds. The molecule has 1 aromatic carbocycles. The molecule has 0 radical (unpaired) electrons.